The maximum Gasteiger partial charge on any atom is 0.346 e. The van der Waals surface area contributed by atoms with Crippen LogP contribution < -0.4 is 11.0 Å². The minimum atomic E-state index is -0.122. The van der Waals surface area contributed by atoms with E-state index >= 15 is 0 Å². The number of carbonyl (C=O) groups is 1. The predicted octanol–water partition coefficient (Wildman–Crippen LogP) is 2.11. The number of hydrogen-bond acceptors (Lipinski definition) is 7. The summed E-state index contributed by atoms with van der Waals surface area (Å²) < 4.78 is 3.21. The largest absolute Gasteiger partial charge is 0.349 e. The molecule has 1 N–H and O–H groups in total. The Hall–Kier alpha value is -2.46. The fourth-order valence-electron chi connectivity index (χ4n) is 3.50. The van der Waals surface area contributed by atoms with Crippen molar-refractivity contribution in [3.63, 3.8) is 0 Å². The Kier molecular flexibility index (Phi) is 5.81. The molecular weight excluding hydrogens is 408 g/mol. The summed E-state index contributed by atoms with van der Waals surface area (Å²) in [6.07, 6.45) is 5.67. The van der Waals surface area contributed by atoms with Gasteiger partial charge in [0.2, 0.25) is 0 Å². The molecule has 1 amide bonds. The van der Waals surface area contributed by atoms with Crippen molar-refractivity contribution in [3.05, 3.63) is 56.3 Å². The van der Waals surface area contributed by atoms with E-state index in [1.165, 1.54) is 16.4 Å². The first-order chi connectivity index (χ1) is 14.0. The third kappa shape index (κ3) is 4.27. The zero-order chi connectivity index (χ0) is 20.4. The van der Waals surface area contributed by atoms with Crippen LogP contribution in [0.2, 0.25) is 0 Å². The van der Waals surface area contributed by atoms with Gasteiger partial charge >= 0.3 is 5.69 Å². The highest BCUT2D eigenvalue weighted by atomic mass is 32.2. The van der Waals surface area contributed by atoms with E-state index in [1.807, 2.05) is 18.6 Å². The molecule has 1 aliphatic rings. The quantitative estimate of drug-likeness (QED) is 0.623. The number of aryl methyl sites for hydroxylation is 2. The second kappa shape index (κ2) is 8.50. The summed E-state index contributed by atoms with van der Waals surface area (Å²) in [7, 11) is 0. The SMILES string of the molecule is CSc1ncccc1C(=O)NC1CCc2nn(Cc3csc(C)n3)c(=O)n2CC1. The van der Waals surface area contributed by atoms with Crippen LogP contribution in [0.4, 0.5) is 0 Å². The fraction of sp³-hybridized carbons (Fsp3) is 0.421. The van der Waals surface area contributed by atoms with Gasteiger partial charge in [-0.05, 0) is 38.2 Å². The number of carbonyl (C=O) groups excluding carboxylic acids is 1. The van der Waals surface area contributed by atoms with Crippen LogP contribution in [-0.2, 0) is 19.5 Å². The van der Waals surface area contributed by atoms with Crippen molar-refractivity contribution in [2.45, 2.75) is 50.3 Å². The Morgan fingerprint density at radius 1 is 1.41 bits per heavy atom. The number of hydrogen-bond donors (Lipinski definition) is 1. The van der Waals surface area contributed by atoms with Crippen LogP contribution in [-0.4, -0.2) is 42.5 Å². The van der Waals surface area contributed by atoms with Crippen LogP contribution in [0.15, 0.2) is 33.5 Å². The van der Waals surface area contributed by atoms with Gasteiger partial charge in [0, 0.05) is 30.6 Å². The lowest BCUT2D eigenvalue weighted by molar-refractivity contribution is 0.0929. The van der Waals surface area contributed by atoms with Crippen LogP contribution in [0.3, 0.4) is 0 Å². The minimum Gasteiger partial charge on any atom is -0.349 e. The molecule has 0 fully saturated rings. The van der Waals surface area contributed by atoms with Crippen LogP contribution >= 0.6 is 23.1 Å². The molecule has 0 saturated carbocycles. The third-order valence-corrected chi connectivity index (χ3v) is 6.47. The van der Waals surface area contributed by atoms with E-state index in [1.54, 1.807) is 34.2 Å². The summed E-state index contributed by atoms with van der Waals surface area (Å²) in [5.74, 6) is 0.646. The maximum absolute atomic E-state index is 12.8. The number of thioether (sulfide) groups is 1. The second-order valence-corrected chi connectivity index (χ2v) is 8.78. The van der Waals surface area contributed by atoms with Gasteiger partial charge in [0.05, 0.1) is 22.8 Å². The normalized spacial score (nSPS) is 16.3. The van der Waals surface area contributed by atoms with Gasteiger partial charge in [-0.15, -0.1) is 23.1 Å². The molecule has 4 rings (SSSR count). The summed E-state index contributed by atoms with van der Waals surface area (Å²) >= 11 is 3.02. The smallest absolute Gasteiger partial charge is 0.346 e. The molecule has 3 aromatic rings. The molecule has 3 aromatic heterocycles. The molecule has 8 nitrogen and oxygen atoms in total. The molecule has 152 valence electrons. The van der Waals surface area contributed by atoms with E-state index in [2.05, 4.69) is 20.4 Å². The Balaban J connectivity index is 1.44. The van der Waals surface area contributed by atoms with Crippen molar-refractivity contribution in [3.8, 4) is 0 Å². The number of fused-ring (bicyclic) bond motifs is 1. The summed E-state index contributed by atoms with van der Waals surface area (Å²) in [6, 6.07) is 3.55. The molecule has 1 atom stereocenters. The van der Waals surface area contributed by atoms with Crippen LogP contribution in [0.5, 0.6) is 0 Å². The Morgan fingerprint density at radius 2 is 2.28 bits per heavy atom. The lowest BCUT2D eigenvalue weighted by atomic mass is 10.1. The van der Waals surface area contributed by atoms with E-state index in [4.69, 9.17) is 0 Å². The van der Waals surface area contributed by atoms with Crippen LogP contribution in [0.1, 0.15) is 39.7 Å². The Morgan fingerprint density at radius 3 is 3.03 bits per heavy atom. The number of thiazole rings is 1. The van der Waals surface area contributed by atoms with Crippen molar-refractivity contribution < 1.29 is 4.79 Å². The lowest BCUT2D eigenvalue weighted by Crippen LogP contribution is -2.36. The molecule has 0 bridgehead atoms. The van der Waals surface area contributed by atoms with Crippen LogP contribution in [0.25, 0.3) is 0 Å². The monoisotopic (exact) mass is 430 g/mol. The maximum atomic E-state index is 12.8. The van der Waals surface area contributed by atoms with Crippen molar-refractivity contribution in [1.82, 2.24) is 29.6 Å². The summed E-state index contributed by atoms with van der Waals surface area (Å²) in [5.41, 5.74) is 1.33. The van der Waals surface area contributed by atoms with E-state index in [9.17, 15) is 9.59 Å². The minimum absolute atomic E-state index is 0.00634. The predicted molar refractivity (Wildman–Crippen MR) is 113 cm³/mol. The summed E-state index contributed by atoms with van der Waals surface area (Å²) in [6.45, 7) is 2.88. The molecular formula is C19H22N6O2S2. The van der Waals surface area contributed by atoms with Gasteiger partial charge in [-0.2, -0.15) is 5.10 Å². The third-order valence-electron chi connectivity index (χ3n) is 4.94. The average molecular weight is 431 g/mol. The molecule has 0 saturated heterocycles. The lowest BCUT2D eigenvalue weighted by Gasteiger charge is -2.16. The number of amides is 1. The van der Waals surface area contributed by atoms with Crippen molar-refractivity contribution in [2.24, 2.45) is 0 Å². The highest BCUT2D eigenvalue weighted by molar-refractivity contribution is 7.98. The highest BCUT2D eigenvalue weighted by Crippen LogP contribution is 2.18. The molecule has 0 aliphatic carbocycles. The highest BCUT2D eigenvalue weighted by Gasteiger charge is 2.23. The van der Waals surface area contributed by atoms with Crippen LogP contribution in [0, 0.1) is 6.92 Å². The number of aromatic nitrogens is 5. The van der Waals surface area contributed by atoms with E-state index in [-0.39, 0.29) is 17.6 Å². The van der Waals surface area contributed by atoms with Crippen molar-refractivity contribution >= 4 is 29.0 Å². The van der Waals surface area contributed by atoms with Gasteiger partial charge in [0.25, 0.3) is 5.91 Å². The summed E-state index contributed by atoms with van der Waals surface area (Å²) in [5, 5.41) is 11.3. The van der Waals surface area contributed by atoms with Gasteiger partial charge in [-0.1, -0.05) is 0 Å². The van der Waals surface area contributed by atoms with E-state index in [0.717, 1.165) is 22.9 Å². The molecule has 10 heteroatoms. The average Bonchev–Trinajstić information content (AvgIpc) is 3.19. The van der Waals surface area contributed by atoms with Gasteiger partial charge in [0.1, 0.15) is 10.9 Å². The number of nitrogens with zero attached hydrogens (tertiary/aromatic N) is 5. The van der Waals surface area contributed by atoms with Gasteiger partial charge in [0.15, 0.2) is 0 Å². The Labute approximate surface area is 176 Å². The number of rotatable bonds is 5. The standard InChI is InChI=1S/C19H22N6O2S2/c1-12-21-14(11-29-12)10-25-19(27)24-9-7-13(5-6-16(24)23-25)22-17(26)15-4-3-8-20-18(15)28-2/h3-4,8,11,13H,5-7,9-10H2,1-2H3,(H,22,26). The first kappa shape index (κ1) is 19.8. The number of pyridine rings is 1. The first-order valence-corrected chi connectivity index (χ1v) is 11.5. The number of nitrogens with one attached hydrogen (secondary N) is 1. The molecule has 0 aromatic carbocycles. The van der Waals surface area contributed by atoms with E-state index < -0.39 is 0 Å². The molecule has 0 spiro atoms. The second-order valence-electron chi connectivity index (χ2n) is 6.92. The van der Waals surface area contributed by atoms with Gasteiger partial charge < -0.3 is 5.32 Å². The molecule has 1 unspecified atom stereocenters. The fourth-order valence-corrected chi connectivity index (χ4v) is 4.65. The first-order valence-electron chi connectivity index (χ1n) is 9.42. The molecule has 4 heterocycles. The zero-order valence-electron chi connectivity index (χ0n) is 16.3. The molecule has 0 radical (unpaired) electrons. The Bertz CT molecular complexity index is 1090. The van der Waals surface area contributed by atoms with Gasteiger partial charge in [-0.25, -0.2) is 19.4 Å². The summed E-state index contributed by atoms with van der Waals surface area (Å²) in [4.78, 5) is 34.1. The molecule has 29 heavy (non-hydrogen) atoms. The van der Waals surface area contributed by atoms with E-state index in [0.29, 0.717) is 36.5 Å². The van der Waals surface area contributed by atoms with Gasteiger partial charge in [-0.3, -0.25) is 9.36 Å². The topological polar surface area (TPSA) is 94.7 Å². The zero-order valence-corrected chi connectivity index (χ0v) is 17.9. The molecule has 1 aliphatic heterocycles. The van der Waals surface area contributed by atoms with Crippen molar-refractivity contribution in [1.29, 1.82) is 0 Å². The van der Waals surface area contributed by atoms with Crippen molar-refractivity contribution in [2.75, 3.05) is 6.26 Å².